The Kier molecular flexibility index (Phi) is 3.63. The van der Waals surface area contributed by atoms with Gasteiger partial charge in [0.1, 0.15) is 16.9 Å². The lowest BCUT2D eigenvalue weighted by Crippen LogP contribution is -2.07. The largest absolute Gasteiger partial charge is 0.366 e. The van der Waals surface area contributed by atoms with Crippen LogP contribution in [-0.4, -0.2) is 23.3 Å². The maximum Gasteiger partial charge on any atom is 0.157 e. The summed E-state index contributed by atoms with van der Waals surface area (Å²) in [7, 11) is 0. The average molecular weight is 324 g/mol. The second kappa shape index (κ2) is 5.92. The Balaban J connectivity index is 1.62. The second-order valence-corrected chi connectivity index (χ2v) is 5.95. The van der Waals surface area contributed by atoms with Crippen molar-refractivity contribution in [3.05, 3.63) is 47.8 Å². The van der Waals surface area contributed by atoms with Crippen molar-refractivity contribution < 1.29 is 0 Å². The third-order valence-corrected chi connectivity index (χ3v) is 4.27. The molecule has 3 heterocycles. The highest BCUT2D eigenvalue weighted by molar-refractivity contribution is 7.00. The lowest BCUT2D eigenvalue weighted by molar-refractivity contribution is 0.856. The molecule has 116 valence electrons. The van der Waals surface area contributed by atoms with Gasteiger partial charge in [0.25, 0.3) is 0 Å². The molecule has 23 heavy (non-hydrogen) atoms. The number of rotatable bonds is 5. The Hall–Kier alpha value is -2.54. The third-order valence-electron chi connectivity index (χ3n) is 3.71. The van der Waals surface area contributed by atoms with Gasteiger partial charge in [-0.05, 0) is 24.1 Å². The van der Waals surface area contributed by atoms with Gasteiger partial charge in [-0.15, -0.1) is 0 Å². The first-order valence-electron chi connectivity index (χ1n) is 7.62. The van der Waals surface area contributed by atoms with Gasteiger partial charge >= 0.3 is 0 Å². The number of nitrogens with zero attached hydrogens (tertiary/aromatic N) is 5. The van der Waals surface area contributed by atoms with Crippen LogP contribution in [0.1, 0.15) is 24.6 Å². The number of nitrogens with one attached hydrogen (secondary N) is 1. The number of aromatic nitrogens is 5. The minimum atomic E-state index is 0.706. The molecular weight excluding hydrogens is 308 g/mol. The van der Waals surface area contributed by atoms with E-state index in [1.54, 1.807) is 6.20 Å². The van der Waals surface area contributed by atoms with E-state index in [-0.39, 0.29) is 0 Å². The van der Waals surface area contributed by atoms with E-state index in [0.717, 1.165) is 41.0 Å². The van der Waals surface area contributed by atoms with Crippen molar-refractivity contribution in [3.63, 3.8) is 0 Å². The summed E-state index contributed by atoms with van der Waals surface area (Å²) in [5.41, 5.74) is 5.02. The number of benzene rings is 1. The zero-order chi connectivity index (χ0) is 15.6. The normalized spacial score (nSPS) is 11.3. The minimum absolute atomic E-state index is 0.706. The lowest BCUT2D eigenvalue weighted by Gasteiger charge is -2.10. The first kappa shape index (κ1) is 14.1. The molecule has 4 aromatic rings. The Morgan fingerprint density at radius 1 is 1.13 bits per heavy atom. The fourth-order valence-corrected chi connectivity index (χ4v) is 3.12. The van der Waals surface area contributed by atoms with Crippen molar-refractivity contribution in [2.24, 2.45) is 0 Å². The predicted molar refractivity (Wildman–Crippen MR) is 91.7 cm³/mol. The highest BCUT2D eigenvalue weighted by Crippen LogP contribution is 2.17. The molecule has 0 aliphatic heterocycles. The zero-order valence-corrected chi connectivity index (χ0v) is 13.5. The summed E-state index contributed by atoms with van der Waals surface area (Å²) in [6.45, 7) is 2.87. The van der Waals surface area contributed by atoms with Crippen molar-refractivity contribution in [1.29, 1.82) is 0 Å². The summed E-state index contributed by atoms with van der Waals surface area (Å²) in [4.78, 5) is 4.62. The molecule has 0 amide bonds. The topological polar surface area (TPSA) is 68.0 Å². The van der Waals surface area contributed by atoms with E-state index in [0.29, 0.717) is 6.54 Å². The quantitative estimate of drug-likeness (QED) is 0.610. The molecule has 0 fully saturated rings. The van der Waals surface area contributed by atoms with E-state index in [2.05, 4.69) is 49.3 Å². The first-order valence-corrected chi connectivity index (χ1v) is 8.35. The molecule has 0 aliphatic rings. The van der Waals surface area contributed by atoms with Crippen LogP contribution in [0.5, 0.6) is 0 Å². The van der Waals surface area contributed by atoms with E-state index in [9.17, 15) is 0 Å². The van der Waals surface area contributed by atoms with Crippen molar-refractivity contribution in [2.75, 3.05) is 5.32 Å². The van der Waals surface area contributed by atoms with Crippen LogP contribution in [0.25, 0.3) is 16.7 Å². The highest BCUT2D eigenvalue weighted by Gasteiger charge is 2.07. The van der Waals surface area contributed by atoms with Gasteiger partial charge in [-0.2, -0.15) is 18.4 Å². The number of aryl methyl sites for hydroxylation is 1. The smallest absolute Gasteiger partial charge is 0.157 e. The molecule has 7 heteroatoms. The maximum absolute atomic E-state index is 4.62. The molecule has 0 atom stereocenters. The van der Waals surface area contributed by atoms with Gasteiger partial charge in [0.05, 0.1) is 17.9 Å². The Bertz CT molecular complexity index is 957. The Morgan fingerprint density at radius 3 is 2.96 bits per heavy atom. The van der Waals surface area contributed by atoms with Crippen LogP contribution in [0.3, 0.4) is 0 Å². The fraction of sp³-hybridized carbons (Fsp3) is 0.250. The predicted octanol–water partition coefficient (Wildman–Crippen LogP) is 3.30. The monoisotopic (exact) mass is 324 g/mol. The van der Waals surface area contributed by atoms with Gasteiger partial charge in [0.15, 0.2) is 5.65 Å². The zero-order valence-electron chi connectivity index (χ0n) is 12.7. The molecule has 0 saturated heterocycles. The van der Waals surface area contributed by atoms with E-state index < -0.39 is 0 Å². The Morgan fingerprint density at radius 2 is 2.04 bits per heavy atom. The van der Waals surface area contributed by atoms with Crippen LogP contribution in [-0.2, 0) is 13.0 Å². The van der Waals surface area contributed by atoms with Gasteiger partial charge in [-0.25, -0.2) is 4.98 Å². The van der Waals surface area contributed by atoms with Gasteiger partial charge < -0.3 is 5.32 Å². The van der Waals surface area contributed by atoms with E-state index in [1.165, 1.54) is 17.3 Å². The highest BCUT2D eigenvalue weighted by atomic mass is 32.1. The van der Waals surface area contributed by atoms with Gasteiger partial charge in [0, 0.05) is 24.4 Å². The van der Waals surface area contributed by atoms with Crippen molar-refractivity contribution in [3.8, 4) is 0 Å². The fourth-order valence-electron chi connectivity index (χ4n) is 2.61. The Labute approximate surface area is 137 Å². The molecule has 1 aromatic carbocycles. The third kappa shape index (κ3) is 2.75. The molecule has 4 rings (SSSR count). The second-order valence-electron chi connectivity index (χ2n) is 5.42. The molecule has 0 spiro atoms. The van der Waals surface area contributed by atoms with Crippen LogP contribution in [0.15, 0.2) is 36.5 Å². The van der Waals surface area contributed by atoms with E-state index in [1.807, 2.05) is 16.6 Å². The number of anilines is 1. The van der Waals surface area contributed by atoms with Gasteiger partial charge in [0.2, 0.25) is 0 Å². The summed E-state index contributed by atoms with van der Waals surface area (Å²) < 4.78 is 10.4. The van der Waals surface area contributed by atoms with Crippen LogP contribution < -0.4 is 5.32 Å². The molecule has 3 aromatic heterocycles. The minimum Gasteiger partial charge on any atom is -0.366 e. The van der Waals surface area contributed by atoms with E-state index in [4.69, 9.17) is 0 Å². The van der Waals surface area contributed by atoms with Crippen molar-refractivity contribution in [1.82, 2.24) is 23.3 Å². The molecule has 0 unspecified atom stereocenters. The molecule has 0 saturated carbocycles. The molecule has 0 bridgehead atoms. The molecule has 1 N–H and O–H groups in total. The molecule has 0 radical (unpaired) electrons. The number of hydrogen-bond donors (Lipinski definition) is 1. The van der Waals surface area contributed by atoms with Crippen LogP contribution >= 0.6 is 11.7 Å². The number of fused-ring (bicyclic) bond motifs is 2. The van der Waals surface area contributed by atoms with Crippen molar-refractivity contribution in [2.45, 2.75) is 26.3 Å². The summed E-state index contributed by atoms with van der Waals surface area (Å²) in [6.07, 6.45) is 3.81. The van der Waals surface area contributed by atoms with Gasteiger partial charge in [-0.1, -0.05) is 19.4 Å². The van der Waals surface area contributed by atoms with Crippen molar-refractivity contribution >= 4 is 34.2 Å². The SMILES string of the molecule is CCCc1cc(NCc2ccc3nsnc3c2)n2nccc2n1. The molecule has 6 nitrogen and oxygen atoms in total. The lowest BCUT2D eigenvalue weighted by atomic mass is 10.2. The molecule has 0 aliphatic carbocycles. The summed E-state index contributed by atoms with van der Waals surface area (Å²) in [5.74, 6) is 0.958. The van der Waals surface area contributed by atoms with Crippen LogP contribution in [0.2, 0.25) is 0 Å². The first-order chi connectivity index (χ1) is 11.3. The summed E-state index contributed by atoms with van der Waals surface area (Å²) in [6, 6.07) is 10.2. The van der Waals surface area contributed by atoms with E-state index >= 15 is 0 Å². The standard InChI is InChI=1S/C16H16N6S/c1-2-3-12-9-16(22-15(19-12)6-7-18-22)17-10-11-4-5-13-14(8-11)21-23-20-13/h4-9,17H,2-3,10H2,1H3. The maximum atomic E-state index is 4.62. The summed E-state index contributed by atoms with van der Waals surface area (Å²) >= 11 is 1.24. The van der Waals surface area contributed by atoms with Gasteiger partial charge in [-0.3, -0.25) is 0 Å². The van der Waals surface area contributed by atoms with Crippen LogP contribution in [0, 0.1) is 0 Å². The molecular formula is C16H16N6S. The average Bonchev–Trinajstić information content (AvgIpc) is 3.21. The number of hydrogen-bond acceptors (Lipinski definition) is 6. The van der Waals surface area contributed by atoms with Crippen LogP contribution in [0.4, 0.5) is 5.82 Å². The summed E-state index contributed by atoms with van der Waals surface area (Å²) in [5, 5.41) is 7.81.